The van der Waals surface area contributed by atoms with Crippen molar-refractivity contribution in [2.45, 2.75) is 19.8 Å². The van der Waals surface area contributed by atoms with Crippen LogP contribution >= 0.6 is 0 Å². The van der Waals surface area contributed by atoms with Gasteiger partial charge in [0.15, 0.2) is 5.69 Å². The van der Waals surface area contributed by atoms with E-state index in [0.717, 1.165) is 6.20 Å². The minimum Gasteiger partial charge on any atom is -0.478 e. The maximum atomic E-state index is 10.7. The van der Waals surface area contributed by atoms with Gasteiger partial charge in [-0.25, -0.2) is 19.6 Å². The highest BCUT2D eigenvalue weighted by atomic mass is 16.4. The highest BCUT2D eigenvalue weighted by molar-refractivity contribution is 5.99. The standard InChI is InChI=1S/C9H10N2O4/c1-4(2)7-10-3-5(8(12)13)6(11-7)9(14)15/h3-4H,1-2H3,(H,12,13)(H,14,15). The quantitative estimate of drug-likeness (QED) is 0.771. The molecule has 0 saturated carbocycles. The zero-order valence-corrected chi connectivity index (χ0v) is 8.26. The van der Waals surface area contributed by atoms with Crippen LogP contribution in [0.2, 0.25) is 0 Å². The monoisotopic (exact) mass is 210 g/mol. The van der Waals surface area contributed by atoms with E-state index in [4.69, 9.17) is 10.2 Å². The smallest absolute Gasteiger partial charge is 0.355 e. The van der Waals surface area contributed by atoms with E-state index in [1.165, 1.54) is 0 Å². The van der Waals surface area contributed by atoms with Crippen molar-refractivity contribution in [1.82, 2.24) is 9.97 Å². The molecule has 0 saturated heterocycles. The molecule has 0 atom stereocenters. The van der Waals surface area contributed by atoms with Crippen LogP contribution in [0.1, 0.15) is 46.4 Å². The van der Waals surface area contributed by atoms with Crippen LogP contribution in [0.3, 0.4) is 0 Å². The lowest BCUT2D eigenvalue weighted by molar-refractivity contribution is 0.0645. The van der Waals surface area contributed by atoms with Gasteiger partial charge in [-0.2, -0.15) is 0 Å². The number of carboxylic acids is 2. The number of carbonyl (C=O) groups is 2. The Morgan fingerprint density at radius 3 is 2.27 bits per heavy atom. The second kappa shape index (κ2) is 4.04. The third-order valence-corrected chi connectivity index (χ3v) is 1.76. The molecular formula is C9H10N2O4. The molecule has 0 radical (unpaired) electrons. The highest BCUT2D eigenvalue weighted by Crippen LogP contribution is 2.12. The summed E-state index contributed by atoms with van der Waals surface area (Å²) in [6.45, 7) is 3.59. The molecule has 0 bridgehead atoms. The van der Waals surface area contributed by atoms with Crippen LogP contribution < -0.4 is 0 Å². The number of hydrogen-bond acceptors (Lipinski definition) is 4. The fraction of sp³-hybridized carbons (Fsp3) is 0.333. The van der Waals surface area contributed by atoms with Crippen LogP contribution in [0.25, 0.3) is 0 Å². The third kappa shape index (κ3) is 2.28. The van der Waals surface area contributed by atoms with Crippen molar-refractivity contribution in [2.75, 3.05) is 0 Å². The summed E-state index contributed by atoms with van der Waals surface area (Å²) in [5.41, 5.74) is -0.867. The lowest BCUT2D eigenvalue weighted by Gasteiger charge is -2.05. The molecule has 1 aromatic heterocycles. The molecule has 1 rings (SSSR count). The molecule has 6 nitrogen and oxygen atoms in total. The molecule has 0 aliphatic carbocycles. The van der Waals surface area contributed by atoms with Crippen molar-refractivity contribution < 1.29 is 19.8 Å². The van der Waals surface area contributed by atoms with E-state index in [9.17, 15) is 9.59 Å². The Morgan fingerprint density at radius 1 is 1.27 bits per heavy atom. The Kier molecular flexibility index (Phi) is 2.99. The van der Waals surface area contributed by atoms with Gasteiger partial charge in [0.05, 0.1) is 0 Å². The van der Waals surface area contributed by atoms with E-state index in [-0.39, 0.29) is 5.92 Å². The van der Waals surface area contributed by atoms with Gasteiger partial charge in [-0.3, -0.25) is 0 Å². The number of hydrogen-bond donors (Lipinski definition) is 2. The summed E-state index contributed by atoms with van der Waals surface area (Å²) >= 11 is 0. The van der Waals surface area contributed by atoms with Crippen molar-refractivity contribution >= 4 is 11.9 Å². The number of nitrogens with zero attached hydrogens (tertiary/aromatic N) is 2. The Bertz CT molecular complexity index is 415. The molecule has 6 heteroatoms. The largest absolute Gasteiger partial charge is 0.478 e. The zero-order chi connectivity index (χ0) is 11.6. The van der Waals surface area contributed by atoms with Crippen molar-refractivity contribution in [3.8, 4) is 0 Å². The van der Waals surface area contributed by atoms with E-state index < -0.39 is 23.2 Å². The summed E-state index contributed by atoms with van der Waals surface area (Å²) in [6.07, 6.45) is 1.02. The number of aromatic carboxylic acids is 2. The van der Waals surface area contributed by atoms with Crippen molar-refractivity contribution in [2.24, 2.45) is 0 Å². The first-order chi connectivity index (χ1) is 6.93. The fourth-order valence-corrected chi connectivity index (χ4v) is 0.993. The Labute approximate surface area is 85.6 Å². The molecule has 0 spiro atoms. The normalized spacial score (nSPS) is 10.3. The molecule has 0 unspecified atom stereocenters. The van der Waals surface area contributed by atoms with Crippen molar-refractivity contribution in [3.63, 3.8) is 0 Å². The molecule has 0 aromatic carbocycles. The van der Waals surface area contributed by atoms with E-state index in [1.54, 1.807) is 13.8 Å². The molecule has 2 N–H and O–H groups in total. The second-order valence-corrected chi connectivity index (χ2v) is 3.26. The van der Waals surface area contributed by atoms with Crippen LogP contribution in [0.15, 0.2) is 6.20 Å². The van der Waals surface area contributed by atoms with Gasteiger partial charge in [0, 0.05) is 12.1 Å². The predicted molar refractivity (Wildman–Crippen MR) is 50.0 cm³/mol. The maximum absolute atomic E-state index is 10.7. The van der Waals surface area contributed by atoms with Crippen molar-refractivity contribution in [3.05, 3.63) is 23.3 Å². The lowest BCUT2D eigenvalue weighted by atomic mass is 10.1. The van der Waals surface area contributed by atoms with E-state index in [2.05, 4.69) is 9.97 Å². The third-order valence-electron chi connectivity index (χ3n) is 1.76. The van der Waals surface area contributed by atoms with Gasteiger partial charge in [-0.1, -0.05) is 13.8 Å². The van der Waals surface area contributed by atoms with Crippen LogP contribution in [0.4, 0.5) is 0 Å². The van der Waals surface area contributed by atoms with Crippen LogP contribution in [0, 0.1) is 0 Å². The summed E-state index contributed by atoms with van der Waals surface area (Å²) < 4.78 is 0. The minimum absolute atomic E-state index is 0.0501. The van der Waals surface area contributed by atoms with Crippen molar-refractivity contribution in [1.29, 1.82) is 0 Å². The van der Waals surface area contributed by atoms with E-state index in [1.807, 2.05) is 0 Å². The van der Waals surface area contributed by atoms with Gasteiger partial charge >= 0.3 is 11.9 Å². The maximum Gasteiger partial charge on any atom is 0.355 e. The van der Waals surface area contributed by atoms with Gasteiger partial charge in [0.1, 0.15) is 11.4 Å². The summed E-state index contributed by atoms with van der Waals surface area (Å²) in [5, 5.41) is 17.5. The van der Waals surface area contributed by atoms with Crippen LogP contribution in [-0.2, 0) is 0 Å². The first-order valence-corrected chi connectivity index (χ1v) is 4.27. The van der Waals surface area contributed by atoms with Gasteiger partial charge in [0.25, 0.3) is 0 Å². The van der Waals surface area contributed by atoms with Gasteiger partial charge in [-0.05, 0) is 0 Å². The highest BCUT2D eigenvalue weighted by Gasteiger charge is 2.19. The lowest BCUT2D eigenvalue weighted by Crippen LogP contribution is -2.14. The first-order valence-electron chi connectivity index (χ1n) is 4.27. The van der Waals surface area contributed by atoms with E-state index in [0.29, 0.717) is 5.82 Å². The topological polar surface area (TPSA) is 100 Å². The van der Waals surface area contributed by atoms with Crippen LogP contribution in [0.5, 0.6) is 0 Å². The fourth-order valence-electron chi connectivity index (χ4n) is 0.993. The molecule has 0 aliphatic rings. The predicted octanol–water partition coefficient (Wildman–Crippen LogP) is 0.996. The SMILES string of the molecule is CC(C)c1ncc(C(=O)O)c(C(=O)O)n1. The van der Waals surface area contributed by atoms with Gasteiger partial charge < -0.3 is 10.2 Å². The molecule has 80 valence electrons. The second-order valence-electron chi connectivity index (χ2n) is 3.26. The molecule has 0 amide bonds. The first kappa shape index (κ1) is 11.1. The molecule has 15 heavy (non-hydrogen) atoms. The summed E-state index contributed by atoms with van der Waals surface area (Å²) in [5.74, 6) is -2.44. The minimum atomic E-state index is -1.36. The number of aromatic nitrogens is 2. The van der Waals surface area contributed by atoms with Gasteiger partial charge in [-0.15, -0.1) is 0 Å². The molecule has 1 aromatic rings. The van der Waals surface area contributed by atoms with E-state index >= 15 is 0 Å². The molecule has 1 heterocycles. The molecule has 0 aliphatic heterocycles. The van der Waals surface area contributed by atoms with Gasteiger partial charge in [0.2, 0.25) is 0 Å². The Morgan fingerprint density at radius 2 is 1.87 bits per heavy atom. The number of carboxylic acid groups (broad SMARTS) is 2. The molecule has 0 fully saturated rings. The average molecular weight is 210 g/mol. The zero-order valence-electron chi connectivity index (χ0n) is 8.26. The Balaban J connectivity index is 3.33. The summed E-state index contributed by atoms with van der Waals surface area (Å²) in [6, 6.07) is 0. The molecular weight excluding hydrogens is 200 g/mol. The average Bonchev–Trinajstić information content (AvgIpc) is 2.16. The summed E-state index contributed by atoms with van der Waals surface area (Å²) in [4.78, 5) is 28.9. The number of rotatable bonds is 3. The van der Waals surface area contributed by atoms with Crippen LogP contribution in [-0.4, -0.2) is 32.1 Å². The summed E-state index contributed by atoms with van der Waals surface area (Å²) in [7, 11) is 0. The Hall–Kier alpha value is -1.98.